The Morgan fingerprint density at radius 1 is 1.47 bits per heavy atom. The molecule has 2 unspecified atom stereocenters. The minimum atomic E-state index is -0.590. The first kappa shape index (κ1) is 12.9. The first-order chi connectivity index (χ1) is 7.06. The van der Waals surface area contributed by atoms with Gasteiger partial charge in [0.1, 0.15) is 0 Å². The molecule has 0 aromatic heterocycles. The van der Waals surface area contributed by atoms with Crippen LogP contribution in [0.3, 0.4) is 0 Å². The van der Waals surface area contributed by atoms with Crippen molar-refractivity contribution in [2.75, 3.05) is 19.8 Å². The molecule has 1 heterocycles. The monoisotopic (exact) mass is 215 g/mol. The molecule has 1 fully saturated rings. The number of nitrogens with one attached hydrogen (secondary N) is 1. The van der Waals surface area contributed by atoms with E-state index in [9.17, 15) is 5.11 Å². The van der Waals surface area contributed by atoms with Crippen LogP contribution >= 0.6 is 0 Å². The van der Waals surface area contributed by atoms with E-state index in [0.717, 1.165) is 32.5 Å². The lowest BCUT2D eigenvalue weighted by molar-refractivity contribution is -0.00243. The minimum absolute atomic E-state index is 0.338. The fourth-order valence-electron chi connectivity index (χ4n) is 1.87. The third-order valence-electron chi connectivity index (χ3n) is 3.64. The van der Waals surface area contributed by atoms with Crippen molar-refractivity contribution in [3.63, 3.8) is 0 Å². The summed E-state index contributed by atoms with van der Waals surface area (Å²) in [6.45, 7) is 8.53. The van der Waals surface area contributed by atoms with Gasteiger partial charge < -0.3 is 15.2 Å². The lowest BCUT2D eigenvalue weighted by Crippen LogP contribution is -2.47. The van der Waals surface area contributed by atoms with E-state index in [0.29, 0.717) is 18.5 Å². The second-order valence-electron chi connectivity index (χ2n) is 4.93. The van der Waals surface area contributed by atoms with Gasteiger partial charge in [-0.2, -0.15) is 0 Å². The van der Waals surface area contributed by atoms with Gasteiger partial charge in [-0.1, -0.05) is 20.3 Å². The molecule has 2 N–H and O–H groups in total. The van der Waals surface area contributed by atoms with E-state index in [1.54, 1.807) is 0 Å². The maximum Gasteiger partial charge on any atom is 0.0768 e. The number of hydrogen-bond donors (Lipinski definition) is 2. The van der Waals surface area contributed by atoms with Gasteiger partial charge in [0.15, 0.2) is 0 Å². The van der Waals surface area contributed by atoms with Crippen molar-refractivity contribution in [1.29, 1.82) is 0 Å². The first-order valence-electron chi connectivity index (χ1n) is 6.09. The van der Waals surface area contributed by atoms with E-state index >= 15 is 0 Å². The number of aliphatic hydroxyl groups is 1. The highest BCUT2D eigenvalue weighted by Crippen LogP contribution is 2.19. The summed E-state index contributed by atoms with van der Waals surface area (Å²) in [4.78, 5) is 0. The zero-order valence-corrected chi connectivity index (χ0v) is 10.3. The second kappa shape index (κ2) is 5.83. The molecular formula is C12H25NO2. The zero-order valence-electron chi connectivity index (χ0n) is 10.3. The summed E-state index contributed by atoms with van der Waals surface area (Å²) in [6.07, 6.45) is 3.15. The van der Waals surface area contributed by atoms with E-state index in [-0.39, 0.29) is 0 Å². The molecule has 0 amide bonds. The fourth-order valence-corrected chi connectivity index (χ4v) is 1.87. The van der Waals surface area contributed by atoms with Gasteiger partial charge in [0.05, 0.1) is 5.60 Å². The summed E-state index contributed by atoms with van der Waals surface area (Å²) < 4.78 is 5.30. The molecule has 0 radical (unpaired) electrons. The molecule has 0 saturated carbocycles. The average Bonchev–Trinajstić information content (AvgIpc) is 2.27. The quantitative estimate of drug-likeness (QED) is 0.731. The summed E-state index contributed by atoms with van der Waals surface area (Å²) in [7, 11) is 0. The van der Waals surface area contributed by atoms with Gasteiger partial charge in [0.25, 0.3) is 0 Å². The Morgan fingerprint density at radius 2 is 2.07 bits per heavy atom. The van der Waals surface area contributed by atoms with Gasteiger partial charge in [-0.05, 0) is 25.7 Å². The fraction of sp³-hybridized carbons (Fsp3) is 1.00. The average molecular weight is 215 g/mol. The molecule has 15 heavy (non-hydrogen) atoms. The summed E-state index contributed by atoms with van der Waals surface area (Å²) in [5.41, 5.74) is -0.590. The van der Waals surface area contributed by atoms with Crippen LogP contribution in [-0.2, 0) is 4.74 Å². The van der Waals surface area contributed by atoms with E-state index in [2.05, 4.69) is 19.2 Å². The van der Waals surface area contributed by atoms with Crippen LogP contribution in [-0.4, -0.2) is 36.5 Å². The molecule has 0 aliphatic carbocycles. The molecule has 3 nitrogen and oxygen atoms in total. The molecule has 0 spiro atoms. The highest BCUT2D eigenvalue weighted by atomic mass is 16.5. The predicted octanol–water partition coefficient (Wildman–Crippen LogP) is 1.55. The molecule has 1 aliphatic rings. The second-order valence-corrected chi connectivity index (χ2v) is 4.93. The standard InChI is InChI=1S/C12H25NO2/c1-4-10(2)12(3,14)9-13-11-5-7-15-8-6-11/h10-11,13-14H,4-9H2,1-3H3. The van der Waals surface area contributed by atoms with Gasteiger partial charge in [-0.3, -0.25) is 0 Å². The normalized spacial score (nSPS) is 24.8. The van der Waals surface area contributed by atoms with Crippen molar-refractivity contribution in [1.82, 2.24) is 5.32 Å². The summed E-state index contributed by atoms with van der Waals surface area (Å²) in [6, 6.07) is 0.522. The Balaban J connectivity index is 2.27. The molecule has 2 atom stereocenters. The third-order valence-corrected chi connectivity index (χ3v) is 3.64. The Kier molecular flexibility index (Phi) is 5.03. The number of rotatable bonds is 5. The lowest BCUT2D eigenvalue weighted by Gasteiger charge is -2.33. The highest BCUT2D eigenvalue weighted by molar-refractivity contribution is 4.83. The van der Waals surface area contributed by atoms with E-state index in [1.807, 2.05) is 6.92 Å². The van der Waals surface area contributed by atoms with Gasteiger partial charge in [-0.15, -0.1) is 0 Å². The summed E-state index contributed by atoms with van der Waals surface area (Å²) in [5, 5.41) is 13.7. The van der Waals surface area contributed by atoms with Crippen LogP contribution in [0.25, 0.3) is 0 Å². The maximum absolute atomic E-state index is 10.2. The lowest BCUT2D eigenvalue weighted by atomic mass is 9.88. The van der Waals surface area contributed by atoms with Gasteiger partial charge in [0, 0.05) is 25.8 Å². The van der Waals surface area contributed by atoms with E-state index < -0.39 is 5.60 Å². The van der Waals surface area contributed by atoms with Crippen molar-refractivity contribution in [2.45, 2.75) is 51.7 Å². The van der Waals surface area contributed by atoms with Crippen LogP contribution in [0.5, 0.6) is 0 Å². The number of hydrogen-bond acceptors (Lipinski definition) is 3. The molecule has 0 aromatic rings. The first-order valence-corrected chi connectivity index (χ1v) is 6.09. The molecule has 0 bridgehead atoms. The van der Waals surface area contributed by atoms with Crippen LogP contribution in [0.2, 0.25) is 0 Å². The smallest absolute Gasteiger partial charge is 0.0768 e. The Labute approximate surface area is 93.2 Å². The van der Waals surface area contributed by atoms with Crippen LogP contribution in [0.1, 0.15) is 40.0 Å². The topological polar surface area (TPSA) is 41.5 Å². The molecule has 90 valence electrons. The maximum atomic E-state index is 10.2. The molecule has 3 heteroatoms. The molecular weight excluding hydrogens is 190 g/mol. The Morgan fingerprint density at radius 3 is 2.60 bits per heavy atom. The molecule has 1 saturated heterocycles. The van der Waals surface area contributed by atoms with Crippen molar-refractivity contribution >= 4 is 0 Å². The Bertz CT molecular complexity index is 176. The van der Waals surface area contributed by atoms with E-state index in [1.165, 1.54) is 0 Å². The minimum Gasteiger partial charge on any atom is -0.389 e. The molecule has 0 aromatic carbocycles. The van der Waals surface area contributed by atoms with Crippen LogP contribution < -0.4 is 5.32 Å². The largest absolute Gasteiger partial charge is 0.389 e. The predicted molar refractivity (Wildman–Crippen MR) is 61.9 cm³/mol. The van der Waals surface area contributed by atoms with Crippen molar-refractivity contribution in [2.24, 2.45) is 5.92 Å². The van der Waals surface area contributed by atoms with Crippen molar-refractivity contribution < 1.29 is 9.84 Å². The zero-order chi connectivity index (χ0) is 11.3. The summed E-state index contributed by atoms with van der Waals surface area (Å²) >= 11 is 0. The van der Waals surface area contributed by atoms with Crippen LogP contribution in [0, 0.1) is 5.92 Å². The third kappa shape index (κ3) is 4.09. The van der Waals surface area contributed by atoms with Gasteiger partial charge in [-0.25, -0.2) is 0 Å². The van der Waals surface area contributed by atoms with E-state index in [4.69, 9.17) is 4.74 Å². The number of ether oxygens (including phenoxy) is 1. The molecule has 1 rings (SSSR count). The van der Waals surface area contributed by atoms with Crippen LogP contribution in [0.15, 0.2) is 0 Å². The SMILES string of the molecule is CCC(C)C(C)(O)CNC1CCOCC1. The van der Waals surface area contributed by atoms with Gasteiger partial charge in [0.2, 0.25) is 0 Å². The Hall–Kier alpha value is -0.120. The van der Waals surface area contributed by atoms with Crippen molar-refractivity contribution in [3.8, 4) is 0 Å². The highest BCUT2D eigenvalue weighted by Gasteiger charge is 2.27. The van der Waals surface area contributed by atoms with Crippen molar-refractivity contribution in [3.05, 3.63) is 0 Å². The van der Waals surface area contributed by atoms with Gasteiger partial charge >= 0.3 is 0 Å². The summed E-state index contributed by atoms with van der Waals surface area (Å²) in [5.74, 6) is 0.338. The molecule has 1 aliphatic heterocycles. The van der Waals surface area contributed by atoms with Crippen LogP contribution in [0.4, 0.5) is 0 Å².